The number of aromatic nitrogens is 2. The Morgan fingerprint density at radius 3 is 3.05 bits per heavy atom. The van der Waals surface area contributed by atoms with Crippen LogP contribution in [0.3, 0.4) is 0 Å². The van der Waals surface area contributed by atoms with Gasteiger partial charge >= 0.3 is 0 Å². The molecule has 0 aromatic carbocycles. The van der Waals surface area contributed by atoms with Crippen molar-refractivity contribution in [1.82, 2.24) is 9.97 Å². The van der Waals surface area contributed by atoms with Gasteiger partial charge in [-0.1, -0.05) is 6.92 Å². The van der Waals surface area contributed by atoms with E-state index in [1.54, 1.807) is 18.9 Å². The molecular formula is C14H18N4OS. The quantitative estimate of drug-likeness (QED) is 0.911. The predicted octanol–water partition coefficient (Wildman–Crippen LogP) is 3.18. The van der Waals surface area contributed by atoms with Gasteiger partial charge in [0.2, 0.25) is 0 Å². The molecule has 0 saturated heterocycles. The Bertz CT molecular complexity index is 666. The van der Waals surface area contributed by atoms with Gasteiger partial charge in [-0.3, -0.25) is 0 Å². The number of aromatic amines is 1. The maximum atomic E-state index is 5.39. The number of anilines is 1. The minimum absolute atomic E-state index is 0.298. The maximum absolute atomic E-state index is 5.39. The van der Waals surface area contributed by atoms with Gasteiger partial charge in [0, 0.05) is 18.7 Å². The second-order valence-electron chi connectivity index (χ2n) is 5.00. The lowest BCUT2D eigenvalue weighted by atomic mass is 10.0. The zero-order valence-electron chi connectivity index (χ0n) is 11.9. The number of hydrogen-bond acceptors (Lipinski definition) is 5. The third-order valence-electron chi connectivity index (χ3n) is 3.38. The number of nitrogens with zero attached hydrogens (tertiary/aromatic N) is 2. The second kappa shape index (κ2) is 5.10. The van der Waals surface area contributed by atoms with Gasteiger partial charge in [-0.15, -0.1) is 11.8 Å². The van der Waals surface area contributed by atoms with Gasteiger partial charge in [0.15, 0.2) is 0 Å². The van der Waals surface area contributed by atoms with Crippen LogP contribution in [-0.4, -0.2) is 40.0 Å². The largest absolute Gasteiger partial charge is 0.382 e. The van der Waals surface area contributed by atoms with Crippen LogP contribution in [-0.2, 0) is 4.74 Å². The molecule has 2 N–H and O–H groups in total. The van der Waals surface area contributed by atoms with Crippen LogP contribution in [0, 0.1) is 0 Å². The van der Waals surface area contributed by atoms with E-state index in [0.29, 0.717) is 6.61 Å². The summed E-state index contributed by atoms with van der Waals surface area (Å²) in [7, 11) is 1.72. The summed E-state index contributed by atoms with van der Waals surface area (Å²) in [5, 5.41) is 5.71. The number of thioether (sulfide) groups is 1. The second-order valence-corrected chi connectivity index (χ2v) is 6.25. The zero-order chi connectivity index (χ0) is 14.2. The molecule has 2 aromatic rings. The molecule has 0 amide bonds. The molecule has 0 bridgehead atoms. The minimum atomic E-state index is -0.298. The number of aliphatic imine (C=N–C) groups is 1. The molecule has 6 heteroatoms. The number of methoxy groups -OCH3 is 1. The minimum Gasteiger partial charge on any atom is -0.382 e. The van der Waals surface area contributed by atoms with Gasteiger partial charge in [0.25, 0.3) is 0 Å². The van der Waals surface area contributed by atoms with Crippen molar-refractivity contribution in [3.8, 4) is 0 Å². The molecule has 2 aromatic heterocycles. The molecule has 1 aliphatic rings. The Balaban J connectivity index is 2.14. The summed E-state index contributed by atoms with van der Waals surface area (Å²) in [6.45, 7) is 4.83. The first kappa shape index (κ1) is 13.5. The smallest absolute Gasteiger partial charge is 0.139 e. The van der Waals surface area contributed by atoms with E-state index >= 15 is 0 Å². The van der Waals surface area contributed by atoms with Crippen LogP contribution in [0.1, 0.15) is 13.8 Å². The summed E-state index contributed by atoms with van der Waals surface area (Å²) >= 11 is 1.74. The van der Waals surface area contributed by atoms with E-state index < -0.39 is 0 Å². The average molecular weight is 290 g/mol. The van der Waals surface area contributed by atoms with Crippen molar-refractivity contribution in [2.45, 2.75) is 19.4 Å². The van der Waals surface area contributed by atoms with E-state index in [2.05, 4.69) is 29.1 Å². The first-order valence-corrected chi connectivity index (χ1v) is 7.61. The van der Waals surface area contributed by atoms with Crippen LogP contribution in [0.15, 0.2) is 23.5 Å². The number of pyridine rings is 1. The highest BCUT2D eigenvalue weighted by molar-refractivity contribution is 8.14. The fraction of sp³-hybridized carbons (Fsp3) is 0.429. The molecule has 106 valence electrons. The van der Waals surface area contributed by atoms with E-state index in [9.17, 15) is 0 Å². The third-order valence-corrected chi connectivity index (χ3v) is 4.48. The normalized spacial score (nSPS) is 21.4. The van der Waals surface area contributed by atoms with E-state index in [-0.39, 0.29) is 5.54 Å². The fourth-order valence-electron chi connectivity index (χ4n) is 2.49. The lowest BCUT2D eigenvalue weighted by Gasteiger charge is -2.36. The van der Waals surface area contributed by atoms with Crippen molar-refractivity contribution in [2.75, 3.05) is 24.8 Å². The molecule has 0 spiro atoms. The van der Waals surface area contributed by atoms with Crippen LogP contribution >= 0.6 is 11.8 Å². The van der Waals surface area contributed by atoms with Crippen molar-refractivity contribution < 1.29 is 4.74 Å². The van der Waals surface area contributed by atoms with Gasteiger partial charge in [-0.2, -0.15) is 0 Å². The van der Waals surface area contributed by atoms with Crippen molar-refractivity contribution in [3.63, 3.8) is 0 Å². The highest BCUT2D eigenvalue weighted by Crippen LogP contribution is 2.40. The summed E-state index contributed by atoms with van der Waals surface area (Å²) < 4.78 is 5.39. The monoisotopic (exact) mass is 290 g/mol. The molecule has 5 nitrogen and oxygen atoms in total. The van der Waals surface area contributed by atoms with Crippen molar-refractivity contribution in [3.05, 3.63) is 18.5 Å². The Kier molecular flexibility index (Phi) is 3.43. The summed E-state index contributed by atoms with van der Waals surface area (Å²) in [6, 6.07) is 2.02. The molecule has 1 atom stereocenters. The Labute approximate surface area is 122 Å². The summed E-state index contributed by atoms with van der Waals surface area (Å²) in [5.41, 5.74) is 2.49. The molecule has 1 aliphatic heterocycles. The fourth-order valence-corrected chi connectivity index (χ4v) is 3.36. The topological polar surface area (TPSA) is 62.3 Å². The van der Waals surface area contributed by atoms with E-state index in [1.807, 2.05) is 18.5 Å². The molecule has 0 saturated carbocycles. The van der Waals surface area contributed by atoms with Crippen LogP contribution in [0.25, 0.3) is 11.0 Å². The zero-order valence-corrected chi connectivity index (χ0v) is 12.7. The Hall–Kier alpha value is -1.53. The number of fused-ring (bicyclic) bond motifs is 3. The standard InChI is InChI=1S/C14H18N4OS/c1-4-20-13-14(2,8-19-3)18-11-9-5-6-15-12(9)16-7-10(11)17-13/h5-7,18H,4,8H2,1-3H3,(H,15,16)/t14-/m0/s1. The van der Waals surface area contributed by atoms with Crippen molar-refractivity contribution in [2.24, 2.45) is 4.99 Å². The molecule has 3 rings (SSSR count). The summed E-state index contributed by atoms with van der Waals surface area (Å²) in [6.07, 6.45) is 3.71. The molecule has 0 fully saturated rings. The van der Waals surface area contributed by atoms with Gasteiger partial charge in [0.05, 0.1) is 18.5 Å². The van der Waals surface area contributed by atoms with Crippen LogP contribution in [0.5, 0.6) is 0 Å². The van der Waals surface area contributed by atoms with Crippen LogP contribution in [0.4, 0.5) is 11.4 Å². The number of rotatable bonds is 3. The van der Waals surface area contributed by atoms with Crippen LogP contribution in [0.2, 0.25) is 0 Å². The summed E-state index contributed by atoms with van der Waals surface area (Å²) in [5.74, 6) is 0.981. The highest BCUT2D eigenvalue weighted by atomic mass is 32.2. The molecule has 3 heterocycles. The van der Waals surface area contributed by atoms with Crippen LogP contribution < -0.4 is 5.32 Å². The van der Waals surface area contributed by atoms with E-state index in [4.69, 9.17) is 9.73 Å². The van der Waals surface area contributed by atoms with Gasteiger partial charge < -0.3 is 15.0 Å². The lowest BCUT2D eigenvalue weighted by Crippen LogP contribution is -2.47. The molecule has 0 aliphatic carbocycles. The van der Waals surface area contributed by atoms with E-state index in [0.717, 1.165) is 33.2 Å². The Morgan fingerprint density at radius 2 is 2.30 bits per heavy atom. The van der Waals surface area contributed by atoms with Gasteiger partial charge in [0.1, 0.15) is 21.9 Å². The SMILES string of the molecule is CCSC1=Nc2cnc3[nH]ccc3c2N[C@@]1(C)COC. The maximum Gasteiger partial charge on any atom is 0.139 e. The predicted molar refractivity (Wildman–Crippen MR) is 85.2 cm³/mol. The Morgan fingerprint density at radius 1 is 1.45 bits per heavy atom. The van der Waals surface area contributed by atoms with Gasteiger partial charge in [-0.25, -0.2) is 9.98 Å². The average Bonchev–Trinajstić information content (AvgIpc) is 2.89. The molecule has 20 heavy (non-hydrogen) atoms. The number of ether oxygens (including phenoxy) is 1. The lowest BCUT2D eigenvalue weighted by molar-refractivity contribution is 0.175. The number of hydrogen-bond donors (Lipinski definition) is 2. The third kappa shape index (κ3) is 2.09. The summed E-state index contributed by atoms with van der Waals surface area (Å²) in [4.78, 5) is 12.3. The van der Waals surface area contributed by atoms with Crippen molar-refractivity contribution >= 4 is 39.2 Å². The number of H-pyrrole nitrogens is 1. The molecule has 0 radical (unpaired) electrons. The van der Waals surface area contributed by atoms with Gasteiger partial charge in [-0.05, 0) is 18.7 Å². The highest BCUT2D eigenvalue weighted by Gasteiger charge is 2.35. The van der Waals surface area contributed by atoms with E-state index in [1.165, 1.54) is 0 Å². The molecule has 0 unspecified atom stereocenters. The molecular weight excluding hydrogens is 272 g/mol. The van der Waals surface area contributed by atoms with Crippen molar-refractivity contribution in [1.29, 1.82) is 0 Å². The first-order valence-electron chi connectivity index (χ1n) is 6.63. The first-order chi connectivity index (χ1) is 9.68. The number of nitrogens with one attached hydrogen (secondary N) is 2.